The van der Waals surface area contributed by atoms with E-state index in [2.05, 4.69) is 4.99 Å². The van der Waals surface area contributed by atoms with Crippen LogP contribution in [0.4, 0.5) is 11.4 Å². The molecule has 1 N–H and O–H groups in total. The van der Waals surface area contributed by atoms with Crippen LogP contribution >= 0.6 is 23.4 Å². The highest BCUT2D eigenvalue weighted by molar-refractivity contribution is 8.18. The molecule has 0 saturated carbocycles. The summed E-state index contributed by atoms with van der Waals surface area (Å²) in [4.78, 5) is 40.3. The fourth-order valence-corrected chi connectivity index (χ4v) is 4.42. The highest BCUT2D eigenvalue weighted by Crippen LogP contribution is 2.34. The molecule has 1 heterocycles. The molecule has 9 nitrogen and oxygen atoms in total. The molecular formula is C25H18ClN3O6S. The Morgan fingerprint density at radius 3 is 2.47 bits per heavy atom. The van der Waals surface area contributed by atoms with Gasteiger partial charge in [-0.2, -0.15) is 0 Å². The second kappa shape index (κ2) is 10.6. The molecular weight excluding hydrogens is 506 g/mol. The van der Waals surface area contributed by atoms with Crippen molar-refractivity contribution < 1.29 is 24.4 Å². The number of nitro benzene ring substituents is 1. The van der Waals surface area contributed by atoms with E-state index in [1.165, 1.54) is 40.9 Å². The summed E-state index contributed by atoms with van der Waals surface area (Å²) in [6, 6.07) is 17.2. The number of carboxylic acids is 1. The van der Waals surface area contributed by atoms with E-state index >= 15 is 0 Å². The number of hydrogen-bond acceptors (Lipinski definition) is 7. The third-order valence-electron chi connectivity index (χ3n) is 5.14. The molecule has 1 amide bonds. The molecule has 0 aromatic heterocycles. The lowest BCUT2D eigenvalue weighted by Crippen LogP contribution is -2.23. The van der Waals surface area contributed by atoms with E-state index in [0.717, 1.165) is 5.56 Å². The van der Waals surface area contributed by atoms with Crippen LogP contribution in [-0.2, 0) is 11.4 Å². The summed E-state index contributed by atoms with van der Waals surface area (Å²) in [5, 5.41) is 20.6. The van der Waals surface area contributed by atoms with Gasteiger partial charge >= 0.3 is 5.97 Å². The van der Waals surface area contributed by atoms with Crippen molar-refractivity contribution in [3.63, 3.8) is 0 Å². The maximum absolute atomic E-state index is 12.7. The highest BCUT2D eigenvalue weighted by atomic mass is 35.5. The maximum Gasteiger partial charge on any atom is 0.335 e. The Morgan fingerprint density at radius 2 is 1.86 bits per heavy atom. The van der Waals surface area contributed by atoms with Crippen LogP contribution in [0.1, 0.15) is 21.5 Å². The zero-order chi connectivity index (χ0) is 25.8. The van der Waals surface area contributed by atoms with Crippen molar-refractivity contribution >= 4 is 57.9 Å². The van der Waals surface area contributed by atoms with Crippen molar-refractivity contribution in [2.24, 2.45) is 4.99 Å². The Balaban J connectivity index is 1.45. The minimum atomic E-state index is -1.02. The third-order valence-corrected chi connectivity index (χ3v) is 6.49. The molecule has 0 bridgehead atoms. The Labute approximate surface area is 214 Å². The second-order valence-corrected chi connectivity index (χ2v) is 9.04. The molecule has 0 aliphatic carbocycles. The first-order chi connectivity index (χ1) is 17.2. The van der Waals surface area contributed by atoms with Gasteiger partial charge in [-0.25, -0.2) is 9.79 Å². The average Bonchev–Trinajstić information content (AvgIpc) is 3.11. The van der Waals surface area contributed by atoms with Crippen LogP contribution in [0, 0.1) is 10.1 Å². The van der Waals surface area contributed by atoms with Gasteiger partial charge in [-0.3, -0.25) is 19.8 Å². The van der Waals surface area contributed by atoms with Crippen LogP contribution in [0.2, 0.25) is 5.02 Å². The maximum atomic E-state index is 12.7. The SMILES string of the molecule is CN1C(=O)/C(=C/c2ccc(OCc3ccc([N+](=O)[O-])cc3)c(Cl)c2)SC1=Nc1ccc(C(=O)O)cc1. The second-order valence-electron chi connectivity index (χ2n) is 7.62. The van der Waals surface area contributed by atoms with E-state index in [9.17, 15) is 19.7 Å². The predicted octanol–water partition coefficient (Wildman–Crippen LogP) is 5.76. The van der Waals surface area contributed by atoms with Crippen molar-refractivity contribution in [2.45, 2.75) is 6.61 Å². The number of amidine groups is 1. The lowest BCUT2D eigenvalue weighted by molar-refractivity contribution is -0.384. The lowest BCUT2D eigenvalue weighted by atomic mass is 10.2. The van der Waals surface area contributed by atoms with Gasteiger partial charge in [-0.15, -0.1) is 0 Å². The van der Waals surface area contributed by atoms with Gasteiger partial charge in [0.15, 0.2) is 5.17 Å². The summed E-state index contributed by atoms with van der Waals surface area (Å²) in [6.07, 6.45) is 1.70. The van der Waals surface area contributed by atoms with Gasteiger partial charge in [0.25, 0.3) is 11.6 Å². The number of likely N-dealkylation sites (N-methyl/N-ethyl adjacent to an activating group) is 1. The monoisotopic (exact) mass is 523 g/mol. The van der Waals surface area contributed by atoms with Gasteiger partial charge in [0, 0.05) is 19.2 Å². The number of carboxylic acid groups (broad SMARTS) is 1. The van der Waals surface area contributed by atoms with E-state index in [1.807, 2.05) is 0 Å². The minimum Gasteiger partial charge on any atom is -0.487 e. The van der Waals surface area contributed by atoms with Crippen LogP contribution in [0.15, 0.2) is 76.6 Å². The van der Waals surface area contributed by atoms with Crippen LogP contribution in [0.3, 0.4) is 0 Å². The van der Waals surface area contributed by atoms with Crippen LogP contribution in [0.5, 0.6) is 5.75 Å². The minimum absolute atomic E-state index is 0.00319. The molecule has 1 saturated heterocycles. The number of nitro groups is 1. The van der Waals surface area contributed by atoms with Gasteiger partial charge in [-0.05, 0) is 77.5 Å². The van der Waals surface area contributed by atoms with E-state index < -0.39 is 10.9 Å². The van der Waals surface area contributed by atoms with Crippen molar-refractivity contribution in [1.29, 1.82) is 0 Å². The Morgan fingerprint density at radius 1 is 1.17 bits per heavy atom. The molecule has 3 aromatic rings. The first kappa shape index (κ1) is 25.0. The van der Waals surface area contributed by atoms with E-state index in [4.69, 9.17) is 21.4 Å². The van der Waals surface area contributed by atoms with Gasteiger partial charge in [-0.1, -0.05) is 17.7 Å². The van der Waals surface area contributed by atoms with Crippen molar-refractivity contribution in [3.8, 4) is 5.75 Å². The van der Waals surface area contributed by atoms with Gasteiger partial charge in [0.1, 0.15) is 12.4 Å². The van der Waals surface area contributed by atoms with Gasteiger partial charge < -0.3 is 9.84 Å². The number of rotatable bonds is 7. The fraction of sp³-hybridized carbons (Fsp3) is 0.0800. The fourth-order valence-electron chi connectivity index (χ4n) is 3.19. The number of hydrogen-bond donors (Lipinski definition) is 1. The molecule has 1 fully saturated rings. The number of aromatic carboxylic acids is 1. The first-order valence-electron chi connectivity index (χ1n) is 10.5. The third kappa shape index (κ3) is 5.73. The predicted molar refractivity (Wildman–Crippen MR) is 138 cm³/mol. The number of ether oxygens (including phenoxy) is 1. The molecule has 36 heavy (non-hydrogen) atoms. The van der Waals surface area contributed by atoms with Gasteiger partial charge in [0.2, 0.25) is 0 Å². The lowest BCUT2D eigenvalue weighted by Gasteiger charge is -2.09. The Hall–Kier alpha value is -4.15. The van der Waals surface area contributed by atoms with E-state index in [0.29, 0.717) is 32.1 Å². The zero-order valence-corrected chi connectivity index (χ0v) is 20.3. The number of carbonyl (C=O) groups is 2. The summed E-state index contributed by atoms with van der Waals surface area (Å²) in [5.41, 5.74) is 2.13. The normalized spacial score (nSPS) is 15.5. The molecule has 0 atom stereocenters. The molecule has 3 aromatic carbocycles. The van der Waals surface area contributed by atoms with Crippen LogP contribution < -0.4 is 4.74 Å². The van der Waals surface area contributed by atoms with Crippen LogP contribution in [-0.4, -0.2) is 39.0 Å². The molecule has 1 aliphatic heterocycles. The van der Waals surface area contributed by atoms with E-state index in [-0.39, 0.29) is 23.8 Å². The largest absolute Gasteiger partial charge is 0.487 e. The molecule has 0 radical (unpaired) electrons. The number of aliphatic imine (C=N–C) groups is 1. The highest BCUT2D eigenvalue weighted by Gasteiger charge is 2.30. The summed E-state index contributed by atoms with van der Waals surface area (Å²) in [7, 11) is 1.61. The molecule has 1 aliphatic rings. The Kier molecular flexibility index (Phi) is 7.37. The number of amides is 1. The smallest absolute Gasteiger partial charge is 0.335 e. The molecule has 0 spiro atoms. The number of carbonyl (C=O) groups excluding carboxylic acids is 1. The summed E-state index contributed by atoms with van der Waals surface area (Å²) in [6.45, 7) is 0.185. The molecule has 0 unspecified atom stereocenters. The van der Waals surface area contributed by atoms with Crippen molar-refractivity contribution in [2.75, 3.05) is 7.05 Å². The number of thioether (sulfide) groups is 1. The summed E-state index contributed by atoms with van der Waals surface area (Å²) in [5.74, 6) is -0.814. The summed E-state index contributed by atoms with van der Waals surface area (Å²) < 4.78 is 5.73. The number of halogens is 1. The number of non-ortho nitro benzene ring substituents is 1. The topological polar surface area (TPSA) is 122 Å². The quantitative estimate of drug-likeness (QED) is 0.237. The first-order valence-corrected chi connectivity index (χ1v) is 11.7. The van der Waals surface area contributed by atoms with Crippen LogP contribution in [0.25, 0.3) is 6.08 Å². The van der Waals surface area contributed by atoms with Gasteiger partial charge in [0.05, 0.1) is 26.1 Å². The Bertz CT molecular complexity index is 1400. The molecule has 182 valence electrons. The number of benzene rings is 3. The average molecular weight is 524 g/mol. The zero-order valence-electron chi connectivity index (χ0n) is 18.8. The number of nitrogens with zero attached hydrogens (tertiary/aromatic N) is 3. The van der Waals surface area contributed by atoms with Crippen molar-refractivity contribution in [3.05, 3.63) is 103 Å². The summed E-state index contributed by atoms with van der Waals surface area (Å²) >= 11 is 7.57. The molecule has 11 heteroatoms. The molecule has 4 rings (SSSR count). The van der Waals surface area contributed by atoms with Crippen molar-refractivity contribution in [1.82, 2.24) is 4.90 Å². The van der Waals surface area contributed by atoms with E-state index in [1.54, 1.807) is 55.6 Å². The standard InChI is InChI=1S/C25H18ClN3O6S/c1-28-23(30)22(36-25(28)27-18-7-5-17(6-8-18)24(31)32)13-16-4-11-21(20(26)12-16)35-14-15-2-9-19(10-3-15)29(33)34/h2-13H,14H2,1H3,(H,31,32)/b22-13-,27-25?.